The standard InChI is InChI=1S/C12H18BrNO3S/c1-3-18(15,16)7-6-14-9-10-8-11(17-2)4-5-12(10)13/h4-5,8,14H,3,6-7,9H2,1-2H3. The van der Waals surface area contributed by atoms with Crippen molar-refractivity contribution >= 4 is 25.8 Å². The maximum absolute atomic E-state index is 11.3. The Balaban J connectivity index is 2.49. The number of methoxy groups -OCH3 is 1. The van der Waals surface area contributed by atoms with Crippen LogP contribution in [-0.2, 0) is 16.4 Å². The molecule has 0 heterocycles. The van der Waals surface area contributed by atoms with Crippen molar-refractivity contribution in [3.05, 3.63) is 28.2 Å². The van der Waals surface area contributed by atoms with Gasteiger partial charge >= 0.3 is 0 Å². The van der Waals surface area contributed by atoms with Crippen LogP contribution < -0.4 is 10.1 Å². The van der Waals surface area contributed by atoms with Gasteiger partial charge in [-0.25, -0.2) is 8.42 Å². The molecule has 4 nitrogen and oxygen atoms in total. The molecular weight excluding hydrogens is 318 g/mol. The predicted molar refractivity (Wildman–Crippen MR) is 76.7 cm³/mol. The molecule has 0 spiro atoms. The molecule has 0 aliphatic carbocycles. The van der Waals surface area contributed by atoms with Gasteiger partial charge in [0.1, 0.15) is 5.75 Å². The molecule has 0 amide bonds. The molecule has 0 fully saturated rings. The van der Waals surface area contributed by atoms with Crippen LogP contribution in [-0.4, -0.2) is 33.6 Å². The van der Waals surface area contributed by atoms with Crippen LogP contribution in [0.15, 0.2) is 22.7 Å². The first kappa shape index (κ1) is 15.5. The molecule has 6 heteroatoms. The smallest absolute Gasteiger partial charge is 0.151 e. The lowest BCUT2D eigenvalue weighted by Crippen LogP contribution is -2.23. The normalized spacial score (nSPS) is 11.5. The summed E-state index contributed by atoms with van der Waals surface area (Å²) in [5, 5.41) is 3.12. The summed E-state index contributed by atoms with van der Waals surface area (Å²) < 4.78 is 28.7. The lowest BCUT2D eigenvalue weighted by molar-refractivity contribution is 0.414. The second kappa shape index (κ2) is 7.11. The summed E-state index contributed by atoms with van der Waals surface area (Å²) in [7, 11) is -1.28. The lowest BCUT2D eigenvalue weighted by atomic mass is 10.2. The second-order valence-electron chi connectivity index (χ2n) is 3.87. The Kier molecular flexibility index (Phi) is 6.11. The van der Waals surface area contributed by atoms with Crippen molar-refractivity contribution in [3.63, 3.8) is 0 Å². The van der Waals surface area contributed by atoms with Crippen LogP contribution in [0.4, 0.5) is 0 Å². The predicted octanol–water partition coefficient (Wildman–Crippen LogP) is 1.98. The van der Waals surface area contributed by atoms with Crippen LogP contribution in [0.3, 0.4) is 0 Å². The molecule has 0 atom stereocenters. The van der Waals surface area contributed by atoms with Crippen molar-refractivity contribution in [1.29, 1.82) is 0 Å². The average molecular weight is 336 g/mol. The molecule has 0 saturated carbocycles. The van der Waals surface area contributed by atoms with Crippen LogP contribution in [0.25, 0.3) is 0 Å². The highest BCUT2D eigenvalue weighted by molar-refractivity contribution is 9.10. The topological polar surface area (TPSA) is 55.4 Å². The van der Waals surface area contributed by atoms with E-state index in [1.807, 2.05) is 18.2 Å². The molecular formula is C12H18BrNO3S. The number of hydrogen-bond acceptors (Lipinski definition) is 4. The summed E-state index contributed by atoms with van der Waals surface area (Å²) in [5.41, 5.74) is 1.04. The summed E-state index contributed by atoms with van der Waals surface area (Å²) in [5.74, 6) is 1.15. The molecule has 0 bridgehead atoms. The molecule has 102 valence electrons. The quantitative estimate of drug-likeness (QED) is 0.774. The molecule has 0 aliphatic rings. The van der Waals surface area contributed by atoms with Crippen LogP contribution in [0.5, 0.6) is 5.75 Å². The average Bonchev–Trinajstić information content (AvgIpc) is 2.36. The van der Waals surface area contributed by atoms with E-state index in [4.69, 9.17) is 4.74 Å². The van der Waals surface area contributed by atoms with E-state index in [0.717, 1.165) is 15.8 Å². The van der Waals surface area contributed by atoms with E-state index in [2.05, 4.69) is 21.2 Å². The van der Waals surface area contributed by atoms with Crippen molar-refractivity contribution in [2.45, 2.75) is 13.5 Å². The summed E-state index contributed by atoms with van der Waals surface area (Å²) in [6, 6.07) is 5.71. The Morgan fingerprint density at radius 2 is 2.11 bits per heavy atom. The van der Waals surface area contributed by atoms with E-state index in [1.54, 1.807) is 14.0 Å². The maximum Gasteiger partial charge on any atom is 0.151 e. The first-order valence-corrected chi connectivity index (χ1v) is 8.33. The molecule has 18 heavy (non-hydrogen) atoms. The van der Waals surface area contributed by atoms with Gasteiger partial charge in [-0.2, -0.15) is 0 Å². The van der Waals surface area contributed by atoms with Gasteiger partial charge < -0.3 is 10.1 Å². The van der Waals surface area contributed by atoms with Crippen molar-refractivity contribution in [2.24, 2.45) is 0 Å². The third kappa shape index (κ3) is 4.96. The van der Waals surface area contributed by atoms with E-state index >= 15 is 0 Å². The van der Waals surface area contributed by atoms with E-state index < -0.39 is 9.84 Å². The fourth-order valence-electron chi connectivity index (χ4n) is 1.41. The molecule has 1 rings (SSSR count). The minimum atomic E-state index is -2.90. The molecule has 1 N–H and O–H groups in total. The van der Waals surface area contributed by atoms with Gasteiger partial charge in [-0.05, 0) is 23.8 Å². The first-order valence-electron chi connectivity index (χ1n) is 5.72. The van der Waals surface area contributed by atoms with Gasteiger partial charge in [-0.3, -0.25) is 0 Å². The fourth-order valence-corrected chi connectivity index (χ4v) is 2.54. The number of sulfone groups is 1. The highest BCUT2D eigenvalue weighted by Crippen LogP contribution is 2.22. The monoisotopic (exact) mass is 335 g/mol. The minimum Gasteiger partial charge on any atom is -0.497 e. The van der Waals surface area contributed by atoms with Crippen molar-refractivity contribution in [2.75, 3.05) is 25.2 Å². The van der Waals surface area contributed by atoms with Gasteiger partial charge in [0.25, 0.3) is 0 Å². The Hall–Kier alpha value is -0.590. The Morgan fingerprint density at radius 3 is 2.72 bits per heavy atom. The van der Waals surface area contributed by atoms with Crippen LogP contribution in [0, 0.1) is 0 Å². The maximum atomic E-state index is 11.3. The molecule has 0 aromatic heterocycles. The number of benzene rings is 1. The van der Waals surface area contributed by atoms with E-state index in [9.17, 15) is 8.42 Å². The highest BCUT2D eigenvalue weighted by Gasteiger charge is 2.07. The Morgan fingerprint density at radius 1 is 1.39 bits per heavy atom. The molecule has 0 aliphatic heterocycles. The minimum absolute atomic E-state index is 0.172. The lowest BCUT2D eigenvalue weighted by Gasteiger charge is -2.09. The van der Waals surface area contributed by atoms with Gasteiger partial charge in [0, 0.05) is 23.3 Å². The van der Waals surface area contributed by atoms with Crippen molar-refractivity contribution < 1.29 is 13.2 Å². The van der Waals surface area contributed by atoms with Crippen molar-refractivity contribution in [1.82, 2.24) is 5.32 Å². The summed E-state index contributed by atoms with van der Waals surface area (Å²) >= 11 is 3.45. The van der Waals surface area contributed by atoms with Crippen LogP contribution in [0.1, 0.15) is 12.5 Å². The van der Waals surface area contributed by atoms with Crippen molar-refractivity contribution in [3.8, 4) is 5.75 Å². The second-order valence-corrected chi connectivity index (χ2v) is 7.20. The third-order valence-corrected chi connectivity index (χ3v) is 5.08. The zero-order valence-electron chi connectivity index (χ0n) is 10.6. The fraction of sp³-hybridized carbons (Fsp3) is 0.500. The largest absolute Gasteiger partial charge is 0.497 e. The van der Waals surface area contributed by atoms with Gasteiger partial charge in [0.2, 0.25) is 0 Å². The summed E-state index contributed by atoms with van der Waals surface area (Å²) in [4.78, 5) is 0. The third-order valence-electron chi connectivity index (χ3n) is 2.60. The van der Waals surface area contributed by atoms with Gasteiger partial charge in [-0.15, -0.1) is 0 Å². The summed E-state index contributed by atoms with van der Waals surface area (Å²) in [6.45, 7) is 2.73. The Labute approximate surface area is 117 Å². The number of nitrogens with one attached hydrogen (secondary N) is 1. The SMILES string of the molecule is CCS(=O)(=O)CCNCc1cc(OC)ccc1Br. The highest BCUT2D eigenvalue weighted by atomic mass is 79.9. The molecule has 0 saturated heterocycles. The number of ether oxygens (including phenoxy) is 1. The van der Waals surface area contributed by atoms with E-state index in [-0.39, 0.29) is 11.5 Å². The zero-order valence-corrected chi connectivity index (χ0v) is 13.0. The van der Waals surface area contributed by atoms with Crippen LogP contribution in [0.2, 0.25) is 0 Å². The van der Waals surface area contributed by atoms with Gasteiger partial charge in [-0.1, -0.05) is 22.9 Å². The molecule has 1 aromatic rings. The summed E-state index contributed by atoms with van der Waals surface area (Å²) in [6.07, 6.45) is 0. The number of halogens is 1. The number of hydrogen-bond donors (Lipinski definition) is 1. The Bertz CT molecular complexity index is 488. The molecule has 0 unspecified atom stereocenters. The number of rotatable bonds is 7. The first-order chi connectivity index (χ1) is 8.48. The molecule has 1 aromatic carbocycles. The zero-order chi connectivity index (χ0) is 13.6. The molecule has 0 radical (unpaired) electrons. The van der Waals surface area contributed by atoms with E-state index in [1.165, 1.54) is 0 Å². The van der Waals surface area contributed by atoms with E-state index in [0.29, 0.717) is 13.1 Å². The van der Waals surface area contributed by atoms with Gasteiger partial charge in [0.05, 0.1) is 12.9 Å². The van der Waals surface area contributed by atoms with Gasteiger partial charge in [0.15, 0.2) is 9.84 Å². The van der Waals surface area contributed by atoms with Crippen LogP contribution >= 0.6 is 15.9 Å².